The van der Waals surface area contributed by atoms with E-state index in [4.69, 9.17) is 0 Å². The van der Waals surface area contributed by atoms with Gasteiger partial charge in [-0.15, -0.1) is 24.9 Å². The lowest BCUT2D eigenvalue weighted by Crippen LogP contribution is -2.59. The van der Waals surface area contributed by atoms with E-state index in [9.17, 15) is 14.7 Å². The standard InChI is InChI=1S/C40H54N4O4S/c1-8-21-42(25-29-15-13-12-14-16-29)37(46)34-33-24-28(7)40(49-33)35(34)38(47)44(32(26-45)23-27(5)6)36(40)39(48)43(22-9-2)31-19-17-30(18-20-31)41(10-3)11-4/h8-9,12-20,27-28,32-36,45H,1-2,10-11,21-26H2,3-7H3/t28?,32-,33-,34+,35+,36?,40?/m1/s1. The van der Waals surface area contributed by atoms with Crippen LogP contribution in [0.1, 0.15) is 53.0 Å². The number of hydrogen-bond acceptors (Lipinski definition) is 6. The molecule has 264 valence electrons. The van der Waals surface area contributed by atoms with Gasteiger partial charge in [-0.05, 0) is 68.4 Å². The quantitative estimate of drug-likeness (QED) is 0.218. The maximum Gasteiger partial charge on any atom is 0.251 e. The summed E-state index contributed by atoms with van der Waals surface area (Å²) in [6.45, 7) is 20.9. The molecule has 0 saturated carbocycles. The molecule has 0 aromatic heterocycles. The first kappa shape index (κ1) is 36.7. The van der Waals surface area contributed by atoms with Crippen molar-refractivity contribution < 1.29 is 19.5 Å². The molecule has 9 heteroatoms. The van der Waals surface area contributed by atoms with E-state index in [1.165, 1.54) is 0 Å². The number of likely N-dealkylation sites (tertiary alicyclic amines) is 1. The summed E-state index contributed by atoms with van der Waals surface area (Å²) in [7, 11) is 0. The molecule has 3 aliphatic heterocycles. The lowest BCUT2D eigenvalue weighted by atomic mass is 9.65. The number of anilines is 2. The summed E-state index contributed by atoms with van der Waals surface area (Å²) >= 11 is 1.67. The topological polar surface area (TPSA) is 84.4 Å². The van der Waals surface area contributed by atoms with E-state index in [1.54, 1.807) is 38.6 Å². The molecular formula is C40H54N4O4S. The first-order valence-corrected chi connectivity index (χ1v) is 18.8. The van der Waals surface area contributed by atoms with Gasteiger partial charge in [-0.2, -0.15) is 0 Å². The lowest BCUT2D eigenvalue weighted by molar-refractivity contribution is -0.146. The Balaban J connectivity index is 1.58. The Morgan fingerprint density at radius 3 is 2.20 bits per heavy atom. The Bertz CT molecular complexity index is 1500. The molecule has 2 bridgehead atoms. The maximum atomic E-state index is 15.2. The number of fused-ring (bicyclic) bond motifs is 1. The third-order valence-electron chi connectivity index (χ3n) is 10.8. The summed E-state index contributed by atoms with van der Waals surface area (Å²) in [4.78, 5) is 52.4. The fraction of sp³-hybridized carbons (Fsp3) is 0.525. The second-order valence-corrected chi connectivity index (χ2v) is 15.7. The normalized spacial score (nSPS) is 26.1. The van der Waals surface area contributed by atoms with Crippen LogP contribution in [0.5, 0.6) is 0 Å². The number of nitrogens with zero attached hydrogens (tertiary/aromatic N) is 4. The van der Waals surface area contributed by atoms with Crippen LogP contribution in [0, 0.1) is 23.7 Å². The highest BCUT2D eigenvalue weighted by Gasteiger charge is 2.77. The van der Waals surface area contributed by atoms with Crippen molar-refractivity contribution in [3.63, 3.8) is 0 Å². The van der Waals surface area contributed by atoms with Crippen molar-refractivity contribution in [3.05, 3.63) is 85.5 Å². The summed E-state index contributed by atoms with van der Waals surface area (Å²) in [6.07, 6.45) is 4.74. The number of aliphatic hydroxyl groups excluding tert-OH is 1. The SMILES string of the molecule is C=CCN(Cc1ccccc1)C(=O)[C@@H]1[C@H]2C(=O)N([C@@H](CO)CC(C)C)C(C(=O)N(CC=C)c3ccc(N(CC)CC)cc3)C23S[C@@H]1CC3C. The van der Waals surface area contributed by atoms with E-state index in [2.05, 4.69) is 52.7 Å². The van der Waals surface area contributed by atoms with Gasteiger partial charge in [0.05, 0.1) is 29.2 Å². The monoisotopic (exact) mass is 686 g/mol. The average molecular weight is 687 g/mol. The van der Waals surface area contributed by atoms with Crippen molar-refractivity contribution in [1.82, 2.24) is 9.80 Å². The molecule has 3 saturated heterocycles. The van der Waals surface area contributed by atoms with E-state index in [1.807, 2.05) is 54.6 Å². The van der Waals surface area contributed by atoms with Crippen LogP contribution in [-0.2, 0) is 20.9 Å². The Morgan fingerprint density at radius 2 is 1.63 bits per heavy atom. The zero-order valence-corrected chi connectivity index (χ0v) is 30.6. The van der Waals surface area contributed by atoms with Crippen LogP contribution in [0.15, 0.2) is 79.9 Å². The Kier molecular flexibility index (Phi) is 11.6. The van der Waals surface area contributed by atoms with Gasteiger partial charge in [-0.25, -0.2) is 0 Å². The molecule has 1 N–H and O–H groups in total. The highest BCUT2D eigenvalue weighted by Crippen LogP contribution is 2.69. The molecular weight excluding hydrogens is 633 g/mol. The molecule has 0 aliphatic carbocycles. The van der Waals surface area contributed by atoms with Gasteiger partial charge in [0, 0.05) is 49.3 Å². The molecule has 5 rings (SSSR count). The van der Waals surface area contributed by atoms with Crippen molar-refractivity contribution >= 4 is 40.9 Å². The number of benzene rings is 2. The van der Waals surface area contributed by atoms with Crippen LogP contribution in [0.25, 0.3) is 0 Å². The molecule has 8 nitrogen and oxygen atoms in total. The van der Waals surface area contributed by atoms with Crippen molar-refractivity contribution in [2.45, 2.75) is 76.1 Å². The van der Waals surface area contributed by atoms with Gasteiger partial charge in [-0.1, -0.05) is 63.3 Å². The highest BCUT2D eigenvalue weighted by atomic mass is 32.2. The van der Waals surface area contributed by atoms with E-state index >= 15 is 4.79 Å². The maximum absolute atomic E-state index is 15.2. The molecule has 7 atom stereocenters. The van der Waals surface area contributed by atoms with Crippen molar-refractivity contribution in [3.8, 4) is 0 Å². The Morgan fingerprint density at radius 1 is 1.00 bits per heavy atom. The number of carbonyl (C=O) groups excluding carboxylic acids is 3. The number of carbonyl (C=O) groups is 3. The molecule has 1 spiro atoms. The molecule has 0 radical (unpaired) electrons. The van der Waals surface area contributed by atoms with Crippen LogP contribution in [0.3, 0.4) is 0 Å². The fourth-order valence-electron chi connectivity index (χ4n) is 8.67. The Hall–Kier alpha value is -3.56. The number of rotatable bonds is 16. The van der Waals surface area contributed by atoms with Gasteiger partial charge in [0.2, 0.25) is 11.8 Å². The molecule has 2 aromatic carbocycles. The summed E-state index contributed by atoms with van der Waals surface area (Å²) in [5, 5.41) is 10.7. The molecule has 2 aromatic rings. The number of hydrogen-bond donors (Lipinski definition) is 1. The minimum atomic E-state index is -0.840. The molecule has 3 fully saturated rings. The predicted octanol–water partition coefficient (Wildman–Crippen LogP) is 6.01. The number of amides is 3. The Labute approximate surface area is 297 Å². The number of aliphatic hydroxyl groups is 1. The summed E-state index contributed by atoms with van der Waals surface area (Å²) in [5.41, 5.74) is 2.82. The fourth-order valence-corrected chi connectivity index (χ4v) is 11.1. The van der Waals surface area contributed by atoms with E-state index in [0.717, 1.165) is 36.4 Å². The average Bonchev–Trinajstić information content (AvgIpc) is 3.70. The zero-order valence-electron chi connectivity index (χ0n) is 29.8. The van der Waals surface area contributed by atoms with E-state index < -0.39 is 28.7 Å². The van der Waals surface area contributed by atoms with Gasteiger partial charge in [-0.3, -0.25) is 14.4 Å². The van der Waals surface area contributed by atoms with Crippen LogP contribution in [0.4, 0.5) is 11.4 Å². The highest BCUT2D eigenvalue weighted by molar-refractivity contribution is 8.02. The van der Waals surface area contributed by atoms with Gasteiger partial charge in [0.25, 0.3) is 5.91 Å². The van der Waals surface area contributed by atoms with Crippen LogP contribution >= 0.6 is 11.8 Å². The number of thioether (sulfide) groups is 1. The van der Waals surface area contributed by atoms with Crippen molar-refractivity contribution in [2.24, 2.45) is 23.7 Å². The van der Waals surface area contributed by atoms with E-state index in [-0.39, 0.29) is 48.0 Å². The van der Waals surface area contributed by atoms with Crippen molar-refractivity contribution in [2.75, 3.05) is 42.6 Å². The van der Waals surface area contributed by atoms with Gasteiger partial charge in [0.15, 0.2) is 0 Å². The zero-order chi connectivity index (χ0) is 35.5. The second-order valence-electron chi connectivity index (χ2n) is 14.2. The third kappa shape index (κ3) is 6.68. The molecule has 49 heavy (non-hydrogen) atoms. The second kappa shape index (κ2) is 15.5. The van der Waals surface area contributed by atoms with Gasteiger partial charge < -0.3 is 24.7 Å². The summed E-state index contributed by atoms with van der Waals surface area (Å²) in [5.74, 6) is -1.50. The minimum absolute atomic E-state index is 0.00967. The van der Waals surface area contributed by atoms with Gasteiger partial charge >= 0.3 is 0 Å². The first-order chi connectivity index (χ1) is 23.6. The van der Waals surface area contributed by atoms with E-state index in [0.29, 0.717) is 19.5 Å². The summed E-state index contributed by atoms with van der Waals surface area (Å²) in [6, 6.07) is 16.5. The smallest absolute Gasteiger partial charge is 0.251 e. The summed E-state index contributed by atoms with van der Waals surface area (Å²) < 4.78 is -0.809. The predicted molar refractivity (Wildman–Crippen MR) is 200 cm³/mol. The first-order valence-electron chi connectivity index (χ1n) is 17.9. The largest absolute Gasteiger partial charge is 0.394 e. The van der Waals surface area contributed by atoms with Crippen LogP contribution in [0.2, 0.25) is 0 Å². The molecule has 3 aliphatic rings. The minimum Gasteiger partial charge on any atom is -0.394 e. The molecule has 3 heterocycles. The van der Waals surface area contributed by atoms with Crippen LogP contribution in [-0.4, -0.2) is 87.5 Å². The molecule has 3 amide bonds. The van der Waals surface area contributed by atoms with Crippen LogP contribution < -0.4 is 9.80 Å². The third-order valence-corrected chi connectivity index (χ3v) is 12.9. The molecule has 3 unspecified atom stereocenters. The van der Waals surface area contributed by atoms with Gasteiger partial charge in [0.1, 0.15) is 6.04 Å². The van der Waals surface area contributed by atoms with Crippen molar-refractivity contribution in [1.29, 1.82) is 0 Å². The lowest BCUT2D eigenvalue weighted by Gasteiger charge is -2.42.